The average Bonchev–Trinajstić information content (AvgIpc) is 2.67. The summed E-state index contributed by atoms with van der Waals surface area (Å²) in [6.45, 7) is 9.02. The number of rotatable bonds is 9. The molecular weight excluding hydrogens is 422 g/mol. The second-order valence-corrected chi connectivity index (χ2v) is 8.90. The van der Waals surface area contributed by atoms with Crippen LogP contribution in [0, 0.1) is 0 Å². The summed E-state index contributed by atoms with van der Waals surface area (Å²) in [4.78, 5) is 24.7. The Hall–Kier alpha value is -3.07. The lowest BCUT2D eigenvalue weighted by Gasteiger charge is -2.14. The van der Waals surface area contributed by atoms with Gasteiger partial charge in [0.2, 0.25) is 0 Å². The van der Waals surface area contributed by atoms with Crippen molar-refractivity contribution in [2.75, 3.05) is 11.3 Å². The number of benzene rings is 2. The molecule has 0 aliphatic carbocycles. The molecule has 2 aromatic carbocycles. The molecule has 0 saturated carbocycles. The molecule has 2 aromatic rings. The van der Waals surface area contributed by atoms with Gasteiger partial charge in [0, 0.05) is 0 Å². The quantitative estimate of drug-likeness (QED) is 0.576. The van der Waals surface area contributed by atoms with Gasteiger partial charge in [0.15, 0.2) is 0 Å². The summed E-state index contributed by atoms with van der Waals surface area (Å²) in [5.41, 5.74) is 0.0791. The first-order valence-corrected chi connectivity index (χ1v) is 11.3. The molecular formula is C22H27NO7S. The molecule has 0 aliphatic heterocycles. The largest absolute Gasteiger partial charge is 0.494 e. The number of hydrogen-bond acceptors (Lipinski definition) is 7. The fourth-order valence-electron chi connectivity index (χ4n) is 2.58. The fraction of sp³-hybridized carbons (Fsp3) is 0.364. The van der Waals surface area contributed by atoms with Gasteiger partial charge in [0.25, 0.3) is 10.0 Å². The molecule has 0 saturated heterocycles. The molecule has 0 heterocycles. The minimum Gasteiger partial charge on any atom is -0.494 e. The van der Waals surface area contributed by atoms with E-state index in [0.29, 0.717) is 12.4 Å². The second kappa shape index (κ2) is 10.3. The van der Waals surface area contributed by atoms with Crippen molar-refractivity contribution in [1.82, 2.24) is 0 Å². The van der Waals surface area contributed by atoms with Gasteiger partial charge < -0.3 is 14.2 Å². The predicted molar refractivity (Wildman–Crippen MR) is 116 cm³/mol. The molecule has 0 atom stereocenters. The molecule has 0 aromatic heterocycles. The number of carbonyl (C=O) groups is 2. The summed E-state index contributed by atoms with van der Waals surface area (Å²) in [5.74, 6) is -0.829. The van der Waals surface area contributed by atoms with Crippen molar-refractivity contribution in [3.05, 3.63) is 53.6 Å². The van der Waals surface area contributed by atoms with Crippen molar-refractivity contribution >= 4 is 27.6 Å². The van der Waals surface area contributed by atoms with Gasteiger partial charge in [-0.15, -0.1) is 0 Å². The van der Waals surface area contributed by atoms with E-state index in [9.17, 15) is 18.0 Å². The highest BCUT2D eigenvalue weighted by Crippen LogP contribution is 2.23. The Bertz CT molecular complexity index is 988. The van der Waals surface area contributed by atoms with Gasteiger partial charge in [-0.25, -0.2) is 18.0 Å². The summed E-state index contributed by atoms with van der Waals surface area (Å²) in [5, 5.41) is 0. The number of carbonyl (C=O) groups excluding carboxylic acids is 2. The lowest BCUT2D eigenvalue weighted by Crippen LogP contribution is -2.17. The Labute approximate surface area is 182 Å². The van der Waals surface area contributed by atoms with E-state index >= 15 is 0 Å². The van der Waals surface area contributed by atoms with E-state index in [-0.39, 0.29) is 33.9 Å². The topological polar surface area (TPSA) is 108 Å². The Morgan fingerprint density at radius 3 is 1.77 bits per heavy atom. The first kappa shape index (κ1) is 24.2. The normalized spacial score (nSPS) is 11.3. The molecule has 0 unspecified atom stereocenters. The van der Waals surface area contributed by atoms with Crippen molar-refractivity contribution in [2.45, 2.75) is 51.7 Å². The van der Waals surface area contributed by atoms with Gasteiger partial charge in [-0.3, -0.25) is 4.72 Å². The maximum atomic E-state index is 12.8. The lowest BCUT2D eigenvalue weighted by molar-refractivity contribution is 0.0377. The number of sulfonamides is 1. The van der Waals surface area contributed by atoms with E-state index < -0.39 is 22.0 Å². The third-order valence-electron chi connectivity index (χ3n) is 3.79. The minimum absolute atomic E-state index is 0.00239. The van der Waals surface area contributed by atoms with Gasteiger partial charge in [0.05, 0.1) is 40.5 Å². The third kappa shape index (κ3) is 6.99. The monoisotopic (exact) mass is 449 g/mol. The van der Waals surface area contributed by atoms with Gasteiger partial charge >= 0.3 is 11.9 Å². The zero-order valence-electron chi connectivity index (χ0n) is 18.2. The number of anilines is 1. The highest BCUT2D eigenvalue weighted by molar-refractivity contribution is 7.92. The summed E-state index contributed by atoms with van der Waals surface area (Å²) in [7, 11) is -3.99. The van der Waals surface area contributed by atoms with Crippen molar-refractivity contribution in [1.29, 1.82) is 0 Å². The number of hydrogen-bond donors (Lipinski definition) is 1. The first-order valence-electron chi connectivity index (χ1n) is 9.84. The number of nitrogens with one attached hydrogen (secondary N) is 1. The van der Waals surface area contributed by atoms with Crippen LogP contribution in [-0.4, -0.2) is 39.2 Å². The maximum Gasteiger partial charge on any atom is 0.338 e. The van der Waals surface area contributed by atoms with Crippen molar-refractivity contribution in [3.8, 4) is 5.75 Å². The molecule has 9 heteroatoms. The summed E-state index contributed by atoms with van der Waals surface area (Å²) >= 11 is 0. The lowest BCUT2D eigenvalue weighted by atomic mass is 10.1. The molecule has 31 heavy (non-hydrogen) atoms. The van der Waals surface area contributed by atoms with E-state index in [2.05, 4.69) is 4.72 Å². The summed E-state index contributed by atoms with van der Waals surface area (Å²) in [6.07, 6.45) is -0.773. The predicted octanol–water partition coefficient (Wildman–Crippen LogP) is 4.02. The van der Waals surface area contributed by atoms with Crippen LogP contribution in [0.25, 0.3) is 0 Å². The SMILES string of the molecule is CCOc1ccc(S(=O)(=O)Nc2cc(C(=O)OC(C)C)cc(C(=O)OC(C)C)c2)cc1. The van der Waals surface area contributed by atoms with Crippen molar-refractivity contribution in [3.63, 3.8) is 0 Å². The van der Waals surface area contributed by atoms with E-state index in [0.717, 1.165) is 0 Å². The molecule has 1 N–H and O–H groups in total. The van der Waals surface area contributed by atoms with Crippen LogP contribution in [0.5, 0.6) is 5.75 Å². The van der Waals surface area contributed by atoms with Crippen molar-refractivity contribution < 1.29 is 32.2 Å². The van der Waals surface area contributed by atoms with E-state index in [1.54, 1.807) is 39.8 Å². The van der Waals surface area contributed by atoms with Gasteiger partial charge in [0.1, 0.15) is 5.75 Å². The van der Waals surface area contributed by atoms with Crippen LogP contribution in [-0.2, 0) is 19.5 Å². The van der Waals surface area contributed by atoms with E-state index in [1.807, 2.05) is 6.92 Å². The van der Waals surface area contributed by atoms with Crippen LogP contribution in [0.3, 0.4) is 0 Å². The van der Waals surface area contributed by atoms with Crippen LogP contribution in [0.4, 0.5) is 5.69 Å². The zero-order chi connectivity index (χ0) is 23.2. The van der Waals surface area contributed by atoms with Crippen LogP contribution < -0.4 is 9.46 Å². The van der Waals surface area contributed by atoms with Gasteiger partial charge in [-0.05, 0) is 77.1 Å². The Balaban J connectivity index is 2.40. The molecule has 0 bridgehead atoms. The van der Waals surface area contributed by atoms with Crippen LogP contribution in [0.15, 0.2) is 47.4 Å². The summed E-state index contributed by atoms with van der Waals surface area (Å²) < 4.78 is 43.7. The molecule has 0 amide bonds. The van der Waals surface area contributed by atoms with Crippen LogP contribution in [0.2, 0.25) is 0 Å². The number of ether oxygens (including phenoxy) is 3. The third-order valence-corrected chi connectivity index (χ3v) is 5.18. The minimum atomic E-state index is -3.99. The van der Waals surface area contributed by atoms with Gasteiger partial charge in [-0.1, -0.05) is 0 Å². The zero-order valence-corrected chi connectivity index (χ0v) is 19.0. The fourth-order valence-corrected chi connectivity index (χ4v) is 3.62. The Morgan fingerprint density at radius 1 is 0.871 bits per heavy atom. The van der Waals surface area contributed by atoms with E-state index in [1.165, 1.54) is 30.3 Å². The van der Waals surface area contributed by atoms with Gasteiger partial charge in [-0.2, -0.15) is 0 Å². The standard InChI is InChI=1S/C22H27NO7S/c1-6-28-19-7-9-20(10-8-19)31(26,27)23-18-12-16(21(24)29-14(2)3)11-17(13-18)22(25)30-15(4)5/h7-15,23H,6H2,1-5H3. The highest BCUT2D eigenvalue weighted by atomic mass is 32.2. The summed E-state index contributed by atoms with van der Waals surface area (Å²) in [6, 6.07) is 9.81. The van der Waals surface area contributed by atoms with E-state index in [4.69, 9.17) is 14.2 Å². The average molecular weight is 450 g/mol. The highest BCUT2D eigenvalue weighted by Gasteiger charge is 2.20. The second-order valence-electron chi connectivity index (χ2n) is 7.22. The molecule has 0 aliphatic rings. The molecule has 0 fully saturated rings. The molecule has 2 rings (SSSR count). The van der Waals surface area contributed by atoms with Crippen LogP contribution >= 0.6 is 0 Å². The first-order chi connectivity index (χ1) is 14.5. The Kier molecular flexibility index (Phi) is 8.04. The van der Waals surface area contributed by atoms with Crippen LogP contribution in [0.1, 0.15) is 55.3 Å². The molecule has 168 valence electrons. The maximum absolute atomic E-state index is 12.8. The number of esters is 2. The molecule has 0 radical (unpaired) electrons. The van der Waals surface area contributed by atoms with Crippen molar-refractivity contribution in [2.24, 2.45) is 0 Å². The molecule has 8 nitrogen and oxygen atoms in total. The Morgan fingerprint density at radius 2 is 1.35 bits per heavy atom. The molecule has 0 spiro atoms. The smallest absolute Gasteiger partial charge is 0.338 e.